The van der Waals surface area contributed by atoms with E-state index in [1.165, 1.54) is 24.1 Å². The van der Waals surface area contributed by atoms with Crippen molar-refractivity contribution < 1.29 is 22.7 Å². The quantitative estimate of drug-likeness (QED) is 0.608. The van der Waals surface area contributed by atoms with Crippen molar-refractivity contribution in [3.8, 4) is 0 Å². The minimum Gasteiger partial charge on any atom is -0.466 e. The first-order valence-corrected chi connectivity index (χ1v) is 8.76. The number of esters is 1. The van der Waals surface area contributed by atoms with Gasteiger partial charge in [0.1, 0.15) is 17.5 Å². The minimum absolute atomic E-state index is 0.0400. The van der Waals surface area contributed by atoms with Crippen LogP contribution in [-0.4, -0.2) is 18.2 Å². The molecule has 0 unspecified atom stereocenters. The standard InChI is InChI=1S/C20H17F3N2O2S/c1-10-4-6-13(9-15(10)22)25-11(2)17(19(26)27-3)18(24-20(25)28)14-7-5-12(21)8-16(14)23/h4-9,18H,1-3H3,(H,24,28)/t18-/m0/s1. The highest BCUT2D eigenvalue weighted by atomic mass is 32.1. The normalized spacial score (nSPS) is 16.9. The number of hydrogen-bond acceptors (Lipinski definition) is 3. The molecule has 1 N–H and O–H groups in total. The predicted molar refractivity (Wildman–Crippen MR) is 103 cm³/mol. The fraction of sp³-hybridized carbons (Fsp3) is 0.200. The van der Waals surface area contributed by atoms with Gasteiger partial charge in [-0.15, -0.1) is 0 Å². The summed E-state index contributed by atoms with van der Waals surface area (Å²) in [4.78, 5) is 14.0. The molecule has 4 nitrogen and oxygen atoms in total. The number of nitrogens with zero attached hydrogens (tertiary/aromatic N) is 1. The molecule has 2 aromatic carbocycles. The van der Waals surface area contributed by atoms with Crippen molar-refractivity contribution in [2.75, 3.05) is 12.0 Å². The summed E-state index contributed by atoms with van der Waals surface area (Å²) in [5.74, 6) is -2.71. The Morgan fingerprint density at radius 3 is 2.43 bits per heavy atom. The van der Waals surface area contributed by atoms with Gasteiger partial charge >= 0.3 is 5.97 Å². The summed E-state index contributed by atoms with van der Waals surface area (Å²) in [5.41, 5.74) is 1.34. The van der Waals surface area contributed by atoms with Gasteiger partial charge in [0.2, 0.25) is 0 Å². The number of allylic oxidation sites excluding steroid dienone is 1. The fourth-order valence-corrected chi connectivity index (χ4v) is 3.48. The van der Waals surface area contributed by atoms with Crippen LogP contribution in [0.25, 0.3) is 0 Å². The van der Waals surface area contributed by atoms with E-state index in [1.807, 2.05) is 0 Å². The number of halogens is 3. The van der Waals surface area contributed by atoms with Gasteiger partial charge in [-0.05, 0) is 49.8 Å². The topological polar surface area (TPSA) is 41.6 Å². The maximum absolute atomic E-state index is 14.4. The number of nitrogens with one attached hydrogen (secondary N) is 1. The van der Waals surface area contributed by atoms with Gasteiger partial charge in [0.15, 0.2) is 5.11 Å². The second-order valence-corrected chi connectivity index (χ2v) is 6.69. The van der Waals surface area contributed by atoms with E-state index in [2.05, 4.69) is 5.32 Å². The number of rotatable bonds is 3. The van der Waals surface area contributed by atoms with E-state index in [-0.39, 0.29) is 16.2 Å². The molecule has 0 amide bonds. The molecular weight excluding hydrogens is 389 g/mol. The van der Waals surface area contributed by atoms with Gasteiger partial charge in [0.05, 0.1) is 24.4 Å². The summed E-state index contributed by atoms with van der Waals surface area (Å²) in [5, 5.41) is 3.03. The van der Waals surface area contributed by atoms with Crippen LogP contribution in [-0.2, 0) is 9.53 Å². The summed E-state index contributed by atoms with van der Waals surface area (Å²) in [6.45, 7) is 3.23. The average molecular weight is 406 g/mol. The van der Waals surface area contributed by atoms with E-state index in [4.69, 9.17) is 17.0 Å². The van der Waals surface area contributed by atoms with E-state index >= 15 is 0 Å². The van der Waals surface area contributed by atoms with E-state index in [0.29, 0.717) is 16.9 Å². The predicted octanol–water partition coefficient (Wildman–Crippen LogP) is 4.30. The first kappa shape index (κ1) is 19.9. The van der Waals surface area contributed by atoms with Crippen LogP contribution in [0.2, 0.25) is 0 Å². The molecular formula is C20H17F3N2O2S. The lowest BCUT2D eigenvalue weighted by molar-refractivity contribution is -0.136. The summed E-state index contributed by atoms with van der Waals surface area (Å²) in [6.07, 6.45) is 0. The third-order valence-corrected chi connectivity index (χ3v) is 4.88. The van der Waals surface area contributed by atoms with Crippen LogP contribution in [0.5, 0.6) is 0 Å². The summed E-state index contributed by atoms with van der Waals surface area (Å²) in [6, 6.07) is 6.62. The Balaban J connectivity index is 2.17. The zero-order valence-corrected chi connectivity index (χ0v) is 16.2. The van der Waals surface area contributed by atoms with Gasteiger partial charge in [-0.2, -0.15) is 0 Å². The number of anilines is 1. The number of hydrogen-bond donors (Lipinski definition) is 1. The lowest BCUT2D eigenvalue weighted by Crippen LogP contribution is -2.48. The Morgan fingerprint density at radius 2 is 1.82 bits per heavy atom. The van der Waals surface area contributed by atoms with Gasteiger partial charge in [0, 0.05) is 17.3 Å². The molecule has 3 rings (SSSR count). The number of ether oxygens (including phenoxy) is 1. The maximum atomic E-state index is 14.4. The third-order valence-electron chi connectivity index (χ3n) is 4.58. The lowest BCUT2D eigenvalue weighted by Gasteiger charge is -2.37. The number of thiocarbonyl (C=S) groups is 1. The maximum Gasteiger partial charge on any atom is 0.337 e. The monoisotopic (exact) mass is 406 g/mol. The van der Waals surface area contributed by atoms with Gasteiger partial charge in [-0.1, -0.05) is 12.1 Å². The molecule has 146 valence electrons. The number of carbonyl (C=O) groups is 1. The lowest BCUT2D eigenvalue weighted by atomic mass is 9.94. The van der Waals surface area contributed by atoms with Crippen LogP contribution < -0.4 is 10.2 Å². The molecule has 1 aliphatic heterocycles. The number of carbonyl (C=O) groups excluding carboxylic acids is 1. The summed E-state index contributed by atoms with van der Waals surface area (Å²) in [7, 11) is 1.20. The summed E-state index contributed by atoms with van der Waals surface area (Å²) >= 11 is 5.39. The molecule has 0 saturated heterocycles. The van der Waals surface area contributed by atoms with Crippen LogP contribution in [0.1, 0.15) is 24.1 Å². The SMILES string of the molecule is COC(=O)C1=C(C)N(c2ccc(C)c(F)c2)C(=S)N[C@H]1c1ccc(F)cc1F. The molecule has 0 spiro atoms. The largest absolute Gasteiger partial charge is 0.466 e. The molecule has 1 aliphatic rings. The number of methoxy groups -OCH3 is 1. The number of aryl methyl sites for hydroxylation is 1. The molecule has 0 bridgehead atoms. The van der Waals surface area contributed by atoms with Gasteiger partial charge < -0.3 is 10.1 Å². The van der Waals surface area contributed by atoms with E-state index < -0.39 is 29.5 Å². The highest BCUT2D eigenvalue weighted by Gasteiger charge is 2.36. The molecule has 0 saturated carbocycles. The highest BCUT2D eigenvalue weighted by molar-refractivity contribution is 7.80. The zero-order valence-electron chi connectivity index (χ0n) is 15.3. The fourth-order valence-electron chi connectivity index (χ4n) is 3.12. The van der Waals surface area contributed by atoms with Crippen molar-refractivity contribution in [2.24, 2.45) is 0 Å². The van der Waals surface area contributed by atoms with Crippen molar-refractivity contribution in [1.29, 1.82) is 0 Å². The first-order chi connectivity index (χ1) is 13.2. The van der Waals surface area contributed by atoms with Crippen LogP contribution in [0.4, 0.5) is 18.9 Å². The first-order valence-electron chi connectivity index (χ1n) is 8.35. The van der Waals surface area contributed by atoms with Gasteiger partial charge in [-0.3, -0.25) is 4.90 Å². The second kappa shape index (κ2) is 7.63. The van der Waals surface area contributed by atoms with E-state index in [9.17, 15) is 18.0 Å². The zero-order chi connectivity index (χ0) is 20.6. The van der Waals surface area contributed by atoms with Crippen molar-refractivity contribution in [3.63, 3.8) is 0 Å². The van der Waals surface area contributed by atoms with Crippen molar-refractivity contribution in [3.05, 3.63) is 76.2 Å². The Labute approximate surface area is 165 Å². The van der Waals surface area contributed by atoms with Gasteiger partial charge in [-0.25, -0.2) is 18.0 Å². The third kappa shape index (κ3) is 3.47. The minimum atomic E-state index is -0.980. The molecule has 0 radical (unpaired) electrons. The number of benzene rings is 2. The van der Waals surface area contributed by atoms with Crippen molar-refractivity contribution >= 4 is 29.0 Å². The molecule has 0 aliphatic carbocycles. The molecule has 8 heteroatoms. The van der Waals surface area contributed by atoms with Crippen molar-refractivity contribution in [1.82, 2.24) is 5.32 Å². The molecule has 28 heavy (non-hydrogen) atoms. The van der Waals surface area contributed by atoms with E-state index in [1.54, 1.807) is 26.0 Å². The van der Waals surface area contributed by atoms with Crippen LogP contribution in [0.3, 0.4) is 0 Å². The average Bonchev–Trinajstić information content (AvgIpc) is 2.63. The van der Waals surface area contributed by atoms with Crippen molar-refractivity contribution in [2.45, 2.75) is 19.9 Å². The Hall–Kier alpha value is -2.87. The van der Waals surface area contributed by atoms with Gasteiger partial charge in [0.25, 0.3) is 0 Å². The Kier molecular flexibility index (Phi) is 5.42. The van der Waals surface area contributed by atoms with Crippen LogP contribution in [0.15, 0.2) is 47.7 Å². The molecule has 2 aromatic rings. The summed E-state index contributed by atoms with van der Waals surface area (Å²) < 4.78 is 46.6. The molecule has 0 fully saturated rings. The molecule has 1 atom stereocenters. The smallest absolute Gasteiger partial charge is 0.337 e. The highest BCUT2D eigenvalue weighted by Crippen LogP contribution is 2.35. The second-order valence-electron chi connectivity index (χ2n) is 6.31. The molecule has 1 heterocycles. The molecule has 0 aromatic heterocycles. The van der Waals surface area contributed by atoms with Crippen LogP contribution >= 0.6 is 12.2 Å². The Bertz CT molecular complexity index is 1010. The van der Waals surface area contributed by atoms with E-state index in [0.717, 1.165) is 12.1 Å². The Morgan fingerprint density at radius 1 is 1.11 bits per heavy atom. The van der Waals surface area contributed by atoms with Crippen LogP contribution in [0, 0.1) is 24.4 Å².